The monoisotopic (exact) mass is 256 g/mol. The van der Waals surface area contributed by atoms with Gasteiger partial charge in [-0.25, -0.2) is 8.78 Å². The van der Waals surface area contributed by atoms with Crippen molar-refractivity contribution in [2.24, 2.45) is 0 Å². The van der Waals surface area contributed by atoms with Crippen LogP contribution in [0.25, 0.3) is 0 Å². The van der Waals surface area contributed by atoms with E-state index in [0.29, 0.717) is 12.2 Å². The lowest BCUT2D eigenvalue weighted by molar-refractivity contribution is -0.144. The number of hydrogen-bond acceptors (Lipinski definition) is 2. The third-order valence-electron chi connectivity index (χ3n) is 2.85. The molecule has 3 nitrogen and oxygen atoms in total. The Kier molecular flexibility index (Phi) is 3.50. The topological polar surface area (TPSA) is 46.5 Å². The molecule has 1 aromatic carbocycles. The lowest BCUT2D eigenvalue weighted by atomic mass is 9.99. The number of hydrogen-bond donors (Lipinski definition) is 1. The highest BCUT2D eigenvalue weighted by Gasteiger charge is 2.32. The van der Waals surface area contributed by atoms with Crippen LogP contribution in [0.3, 0.4) is 0 Å². The standard InChI is InChI=1S/C13H14F2O3/c14-13(15,8-12(16)17)7-9-3-4-11-10(6-9)2-1-5-18-11/h3-4,6H,1-2,5,7-8H2,(H,16,17). The maximum Gasteiger partial charge on any atom is 0.309 e. The number of rotatable bonds is 4. The van der Waals surface area contributed by atoms with Crippen LogP contribution in [-0.4, -0.2) is 23.6 Å². The summed E-state index contributed by atoms with van der Waals surface area (Å²) in [6.07, 6.45) is 0.00279. The van der Waals surface area contributed by atoms with Crippen molar-refractivity contribution >= 4 is 5.97 Å². The number of alkyl halides is 2. The summed E-state index contributed by atoms with van der Waals surface area (Å²) in [5, 5.41) is 8.42. The molecule has 0 saturated heterocycles. The van der Waals surface area contributed by atoms with Crippen LogP contribution in [0.15, 0.2) is 18.2 Å². The number of carboxylic acids is 1. The summed E-state index contributed by atoms with van der Waals surface area (Å²) in [5.74, 6) is -3.96. The van der Waals surface area contributed by atoms with Gasteiger partial charge in [0.2, 0.25) is 0 Å². The fourth-order valence-electron chi connectivity index (χ4n) is 2.11. The van der Waals surface area contributed by atoms with E-state index >= 15 is 0 Å². The van der Waals surface area contributed by atoms with Gasteiger partial charge in [-0.1, -0.05) is 12.1 Å². The smallest absolute Gasteiger partial charge is 0.309 e. The van der Waals surface area contributed by atoms with Crippen molar-refractivity contribution in [3.8, 4) is 5.75 Å². The van der Waals surface area contributed by atoms with Crippen molar-refractivity contribution in [3.63, 3.8) is 0 Å². The summed E-state index contributed by atoms with van der Waals surface area (Å²) in [6.45, 7) is 0.654. The van der Waals surface area contributed by atoms with Crippen LogP contribution in [0.5, 0.6) is 5.75 Å². The third kappa shape index (κ3) is 3.18. The van der Waals surface area contributed by atoms with Crippen LogP contribution >= 0.6 is 0 Å². The number of benzene rings is 1. The van der Waals surface area contributed by atoms with Crippen LogP contribution in [-0.2, 0) is 17.6 Å². The number of halogens is 2. The minimum absolute atomic E-state index is 0.450. The summed E-state index contributed by atoms with van der Waals surface area (Å²) >= 11 is 0. The Hall–Kier alpha value is -1.65. The van der Waals surface area contributed by atoms with Gasteiger partial charge < -0.3 is 9.84 Å². The second-order valence-corrected chi connectivity index (χ2v) is 4.50. The Bertz CT molecular complexity index is 458. The zero-order valence-corrected chi connectivity index (χ0v) is 9.79. The molecule has 0 fully saturated rings. The number of ether oxygens (including phenoxy) is 1. The number of carboxylic acid groups (broad SMARTS) is 1. The zero-order chi connectivity index (χ0) is 13.2. The van der Waals surface area contributed by atoms with Crippen molar-refractivity contribution < 1.29 is 23.4 Å². The summed E-state index contributed by atoms with van der Waals surface area (Å²) in [6, 6.07) is 4.94. The Balaban J connectivity index is 2.12. The van der Waals surface area contributed by atoms with E-state index in [2.05, 4.69) is 0 Å². The van der Waals surface area contributed by atoms with Crippen LogP contribution in [0.4, 0.5) is 8.78 Å². The summed E-state index contributed by atoms with van der Waals surface area (Å²) < 4.78 is 32.2. The zero-order valence-electron chi connectivity index (χ0n) is 9.79. The summed E-state index contributed by atoms with van der Waals surface area (Å²) in [7, 11) is 0. The molecule has 0 aromatic heterocycles. The Morgan fingerprint density at radius 2 is 2.22 bits per heavy atom. The quantitative estimate of drug-likeness (QED) is 0.900. The Labute approximate surface area is 103 Å². The molecule has 0 aliphatic carbocycles. The first-order chi connectivity index (χ1) is 8.46. The first kappa shape index (κ1) is 12.8. The molecular formula is C13H14F2O3. The van der Waals surface area contributed by atoms with Gasteiger partial charge in [0.25, 0.3) is 5.92 Å². The molecule has 1 heterocycles. The summed E-state index contributed by atoms with van der Waals surface area (Å²) in [5.41, 5.74) is 1.37. The number of carbonyl (C=O) groups is 1. The molecule has 5 heteroatoms. The minimum atomic E-state index is -3.21. The third-order valence-corrected chi connectivity index (χ3v) is 2.85. The van der Waals surface area contributed by atoms with E-state index in [9.17, 15) is 13.6 Å². The molecule has 1 aliphatic rings. The van der Waals surface area contributed by atoms with Crippen molar-refractivity contribution in [1.29, 1.82) is 0 Å². The average molecular weight is 256 g/mol. The molecule has 0 saturated carbocycles. The Morgan fingerprint density at radius 1 is 1.44 bits per heavy atom. The van der Waals surface area contributed by atoms with Crippen LogP contribution < -0.4 is 4.74 Å². The molecule has 0 unspecified atom stereocenters. The molecule has 1 N–H and O–H groups in total. The van der Waals surface area contributed by atoms with Crippen molar-refractivity contribution in [2.45, 2.75) is 31.6 Å². The van der Waals surface area contributed by atoms with Gasteiger partial charge in [-0.2, -0.15) is 0 Å². The van der Waals surface area contributed by atoms with E-state index in [1.165, 1.54) is 0 Å². The maximum atomic E-state index is 13.4. The van der Waals surface area contributed by atoms with Gasteiger partial charge in [0.15, 0.2) is 0 Å². The van der Waals surface area contributed by atoms with E-state index in [4.69, 9.17) is 9.84 Å². The van der Waals surface area contributed by atoms with Gasteiger partial charge in [0.1, 0.15) is 12.2 Å². The molecule has 2 rings (SSSR count). The van der Waals surface area contributed by atoms with E-state index in [1.54, 1.807) is 18.2 Å². The van der Waals surface area contributed by atoms with Gasteiger partial charge in [0, 0.05) is 6.42 Å². The predicted molar refractivity (Wildman–Crippen MR) is 61.2 cm³/mol. The lowest BCUT2D eigenvalue weighted by Gasteiger charge is -2.19. The SMILES string of the molecule is O=C(O)CC(F)(F)Cc1ccc2c(c1)CCCO2. The number of aliphatic carboxylic acids is 1. The van der Waals surface area contributed by atoms with Crippen LogP contribution in [0, 0.1) is 0 Å². The first-order valence-electron chi connectivity index (χ1n) is 5.80. The fourth-order valence-corrected chi connectivity index (χ4v) is 2.11. The predicted octanol–water partition coefficient (Wildman–Crippen LogP) is 2.66. The second-order valence-electron chi connectivity index (χ2n) is 4.50. The molecule has 0 amide bonds. The molecule has 98 valence electrons. The minimum Gasteiger partial charge on any atom is -0.493 e. The van der Waals surface area contributed by atoms with Crippen LogP contribution in [0.2, 0.25) is 0 Å². The molecule has 1 aromatic rings. The van der Waals surface area contributed by atoms with Crippen molar-refractivity contribution in [1.82, 2.24) is 0 Å². The number of aryl methyl sites for hydroxylation is 1. The number of fused-ring (bicyclic) bond motifs is 1. The highest BCUT2D eigenvalue weighted by atomic mass is 19.3. The normalized spacial score (nSPS) is 14.8. The Morgan fingerprint density at radius 3 is 2.94 bits per heavy atom. The second kappa shape index (κ2) is 4.92. The molecule has 1 aliphatic heterocycles. The molecule has 18 heavy (non-hydrogen) atoms. The molecule has 0 spiro atoms. The van der Waals surface area contributed by atoms with Gasteiger partial charge in [0.05, 0.1) is 6.61 Å². The van der Waals surface area contributed by atoms with Crippen LogP contribution in [0.1, 0.15) is 24.0 Å². The highest BCUT2D eigenvalue weighted by molar-refractivity contribution is 5.67. The molecule has 0 atom stereocenters. The van der Waals surface area contributed by atoms with Crippen molar-refractivity contribution in [3.05, 3.63) is 29.3 Å². The van der Waals surface area contributed by atoms with Gasteiger partial charge in [-0.05, 0) is 30.0 Å². The summed E-state index contributed by atoms with van der Waals surface area (Å²) in [4.78, 5) is 10.3. The molecule has 0 radical (unpaired) electrons. The molecular weight excluding hydrogens is 242 g/mol. The molecule has 0 bridgehead atoms. The van der Waals surface area contributed by atoms with Gasteiger partial charge >= 0.3 is 5.97 Å². The van der Waals surface area contributed by atoms with E-state index in [0.717, 1.165) is 24.2 Å². The van der Waals surface area contributed by atoms with Gasteiger partial charge in [-0.3, -0.25) is 4.79 Å². The largest absolute Gasteiger partial charge is 0.493 e. The van der Waals surface area contributed by atoms with E-state index < -0.39 is 24.7 Å². The first-order valence-corrected chi connectivity index (χ1v) is 5.80. The fraction of sp³-hybridized carbons (Fsp3) is 0.462. The maximum absolute atomic E-state index is 13.4. The van der Waals surface area contributed by atoms with Crippen molar-refractivity contribution in [2.75, 3.05) is 6.61 Å². The lowest BCUT2D eigenvalue weighted by Crippen LogP contribution is -2.24. The van der Waals surface area contributed by atoms with E-state index in [1.807, 2.05) is 0 Å². The van der Waals surface area contributed by atoms with Gasteiger partial charge in [-0.15, -0.1) is 0 Å². The van der Waals surface area contributed by atoms with E-state index in [-0.39, 0.29) is 0 Å². The highest BCUT2D eigenvalue weighted by Crippen LogP contribution is 2.29. The average Bonchev–Trinajstić information content (AvgIpc) is 2.26.